The van der Waals surface area contributed by atoms with Crippen LogP contribution in [0.3, 0.4) is 0 Å². The molecular weight excluding hydrogens is 911 g/mol. The van der Waals surface area contributed by atoms with E-state index in [1.54, 1.807) is 74.6 Å². The second-order valence-corrected chi connectivity index (χ2v) is 19.2. The number of imidazole rings is 2. The molecule has 9 N–H and O–H groups in total. The van der Waals surface area contributed by atoms with E-state index in [0.717, 1.165) is 0 Å². The third-order valence-electron chi connectivity index (χ3n) is 12.0. The van der Waals surface area contributed by atoms with Gasteiger partial charge >= 0.3 is 0 Å². The summed E-state index contributed by atoms with van der Waals surface area (Å²) < 4.78 is 0. The first-order valence-corrected chi connectivity index (χ1v) is 24.3. The molecule has 2 aromatic heterocycles. The minimum atomic E-state index is -1.45. The Labute approximate surface area is 414 Å². The molecule has 0 radical (unpaired) electrons. The highest BCUT2D eigenvalue weighted by molar-refractivity contribution is 6.06. The van der Waals surface area contributed by atoms with E-state index in [-0.39, 0.29) is 62.0 Å². The Balaban J connectivity index is 1.32. The molecule has 71 heavy (non-hydrogen) atoms. The van der Waals surface area contributed by atoms with Crippen molar-refractivity contribution in [2.75, 3.05) is 6.54 Å². The van der Waals surface area contributed by atoms with Crippen LogP contribution in [0.2, 0.25) is 0 Å². The lowest BCUT2D eigenvalue weighted by atomic mass is 9.96. The third kappa shape index (κ3) is 17.0. The summed E-state index contributed by atoms with van der Waals surface area (Å²) >= 11 is 0. The molecule has 20 nitrogen and oxygen atoms in total. The number of carbonyl (C=O) groups excluding carboxylic acids is 8. The van der Waals surface area contributed by atoms with Crippen molar-refractivity contribution >= 4 is 47.3 Å². The molecule has 0 spiro atoms. The molecule has 0 saturated carbocycles. The zero-order valence-corrected chi connectivity index (χ0v) is 41.3. The lowest BCUT2D eigenvalue weighted by Crippen LogP contribution is -2.59. The van der Waals surface area contributed by atoms with Crippen molar-refractivity contribution < 1.29 is 43.5 Å². The maximum Gasteiger partial charge on any atom is 0.257 e. The van der Waals surface area contributed by atoms with Gasteiger partial charge in [-0.25, -0.2) is 9.97 Å². The first-order valence-electron chi connectivity index (χ1n) is 24.3. The summed E-state index contributed by atoms with van der Waals surface area (Å²) in [6, 6.07) is 10.5. The molecule has 0 bridgehead atoms. The van der Waals surface area contributed by atoms with Gasteiger partial charge in [-0.2, -0.15) is 0 Å². The molecule has 8 amide bonds. The van der Waals surface area contributed by atoms with Crippen LogP contribution in [-0.4, -0.2) is 126 Å². The van der Waals surface area contributed by atoms with Crippen LogP contribution in [0.1, 0.15) is 101 Å². The Bertz CT molecular complexity index is 2380. The van der Waals surface area contributed by atoms with Crippen molar-refractivity contribution in [2.45, 2.75) is 135 Å². The molecule has 2 aromatic carbocycles. The van der Waals surface area contributed by atoms with E-state index >= 15 is 0 Å². The van der Waals surface area contributed by atoms with Crippen LogP contribution in [0.15, 0.2) is 85.7 Å². The topological polar surface area (TPSA) is 290 Å². The average molecular weight is 980 g/mol. The van der Waals surface area contributed by atoms with E-state index in [1.165, 1.54) is 23.8 Å². The smallest absolute Gasteiger partial charge is 0.257 e. The molecule has 1 fully saturated rings. The van der Waals surface area contributed by atoms with Gasteiger partial charge in [0.1, 0.15) is 30.2 Å². The van der Waals surface area contributed by atoms with E-state index < -0.39 is 96.0 Å². The third-order valence-corrected chi connectivity index (χ3v) is 12.0. The first-order chi connectivity index (χ1) is 33.9. The standard InChI is InChI=1S/C51H69N11O9/c1-30(2)20-37(43(63)25-44(64)56-38(21-31(3)4)49(69)61-46(66)34-16-11-8-12-17-34)57-48(68)40(23-35-26-52-28-54-35)58-47(67)39(22-33-14-9-7-10-15-33)59-50(70)42-18-13-19-62(42)51(71)41(60-45(65)32(5)6)24-36-27-53-29-55-36/h7-12,14-17,26-32,37-43,63H,13,18-25H2,1-6H3,(H,52,54)(H,53,55)(H,56,64)(H,57,68)(H,58,67)(H,59,70)(H,60,65)(H,61,66,69)/t37?,38-,39-,40-,41-,42-,43-/m0/s1. The minimum absolute atomic E-state index is 0.0183. The molecule has 4 aromatic rings. The van der Waals surface area contributed by atoms with E-state index in [4.69, 9.17) is 0 Å². The number of H-pyrrole nitrogens is 2. The van der Waals surface area contributed by atoms with E-state index in [9.17, 15) is 43.5 Å². The molecular formula is C51H69N11O9. The minimum Gasteiger partial charge on any atom is -0.390 e. The number of imide groups is 1. The fourth-order valence-electron chi connectivity index (χ4n) is 8.34. The largest absolute Gasteiger partial charge is 0.390 e. The summed E-state index contributed by atoms with van der Waals surface area (Å²) in [5, 5.41) is 27.9. The summed E-state index contributed by atoms with van der Waals surface area (Å²) in [5.41, 5.74) is 2.07. The molecule has 20 heteroatoms. The predicted molar refractivity (Wildman–Crippen MR) is 262 cm³/mol. The number of carbonyl (C=O) groups is 8. The van der Waals surface area contributed by atoms with Gasteiger partial charge in [0.05, 0.1) is 31.2 Å². The van der Waals surface area contributed by atoms with Gasteiger partial charge in [0, 0.05) is 61.1 Å². The lowest BCUT2D eigenvalue weighted by Gasteiger charge is -2.31. The van der Waals surface area contributed by atoms with Crippen LogP contribution in [0, 0.1) is 17.8 Å². The fraction of sp³-hybridized carbons (Fsp3) is 0.490. The Hall–Kier alpha value is -7.22. The Morgan fingerprint density at radius 1 is 0.648 bits per heavy atom. The van der Waals surface area contributed by atoms with Gasteiger partial charge in [0.25, 0.3) is 5.91 Å². The monoisotopic (exact) mass is 980 g/mol. The molecule has 7 atom stereocenters. The number of rotatable bonds is 25. The van der Waals surface area contributed by atoms with Gasteiger partial charge in [0.15, 0.2) is 0 Å². The zero-order valence-electron chi connectivity index (χ0n) is 41.3. The van der Waals surface area contributed by atoms with Crippen molar-refractivity contribution in [3.8, 4) is 0 Å². The fourth-order valence-corrected chi connectivity index (χ4v) is 8.34. The number of likely N-dealkylation sites (tertiary alicyclic amines) is 1. The summed E-state index contributed by atoms with van der Waals surface area (Å²) in [6.07, 6.45) is 5.25. The van der Waals surface area contributed by atoms with Crippen LogP contribution in [0.5, 0.6) is 0 Å². The SMILES string of the molecule is CC(C)CC(NC(=O)[C@H](Cc1cnc[nH]1)NC(=O)[C@H](Cc1ccccc1)NC(=O)[C@@H]1CCCN1C(=O)[C@H](Cc1cnc[nH]1)NC(=O)C(C)C)[C@@H](O)CC(=O)N[C@@H](CC(C)C)C(=O)NC(=O)c1ccccc1. The maximum absolute atomic E-state index is 14.5. The summed E-state index contributed by atoms with van der Waals surface area (Å²) in [4.78, 5) is 125. The summed E-state index contributed by atoms with van der Waals surface area (Å²) in [5.74, 6) is -5.36. The first kappa shape index (κ1) is 54.7. The number of nitrogens with one attached hydrogen (secondary N) is 8. The van der Waals surface area contributed by atoms with Gasteiger partial charge in [0.2, 0.25) is 41.4 Å². The van der Waals surface area contributed by atoms with Crippen molar-refractivity contribution in [1.29, 1.82) is 0 Å². The number of benzene rings is 2. The molecule has 382 valence electrons. The van der Waals surface area contributed by atoms with Gasteiger partial charge in [-0.1, -0.05) is 90.1 Å². The van der Waals surface area contributed by atoms with E-state index in [2.05, 4.69) is 51.8 Å². The van der Waals surface area contributed by atoms with Gasteiger partial charge in [-0.05, 0) is 55.2 Å². The summed E-state index contributed by atoms with van der Waals surface area (Å²) in [7, 11) is 0. The number of amides is 8. The molecule has 1 saturated heterocycles. The Morgan fingerprint density at radius 3 is 1.79 bits per heavy atom. The van der Waals surface area contributed by atoms with Gasteiger partial charge < -0.3 is 46.6 Å². The van der Waals surface area contributed by atoms with Crippen molar-refractivity contribution in [2.24, 2.45) is 17.8 Å². The number of aliphatic hydroxyl groups excluding tert-OH is 1. The maximum atomic E-state index is 14.5. The lowest BCUT2D eigenvalue weighted by molar-refractivity contribution is -0.142. The van der Waals surface area contributed by atoms with Crippen LogP contribution in [0.25, 0.3) is 0 Å². The number of nitrogens with zero attached hydrogens (tertiary/aromatic N) is 3. The van der Waals surface area contributed by atoms with Crippen LogP contribution in [-0.2, 0) is 52.8 Å². The zero-order chi connectivity index (χ0) is 51.6. The van der Waals surface area contributed by atoms with Crippen molar-refractivity contribution in [3.63, 3.8) is 0 Å². The summed E-state index contributed by atoms with van der Waals surface area (Å²) in [6.45, 7) is 11.1. The predicted octanol–water partition coefficient (Wildman–Crippen LogP) is 2.03. The molecule has 1 aliphatic heterocycles. The van der Waals surface area contributed by atoms with Crippen LogP contribution >= 0.6 is 0 Å². The van der Waals surface area contributed by atoms with Gasteiger partial charge in [-0.3, -0.25) is 43.7 Å². The van der Waals surface area contributed by atoms with Crippen LogP contribution in [0.4, 0.5) is 0 Å². The quantitative estimate of drug-likeness (QED) is 0.0463. The van der Waals surface area contributed by atoms with E-state index in [0.29, 0.717) is 29.8 Å². The Kier molecular flexibility index (Phi) is 20.6. The number of hydrogen-bond donors (Lipinski definition) is 9. The highest BCUT2D eigenvalue weighted by Crippen LogP contribution is 2.21. The molecule has 0 aliphatic carbocycles. The highest BCUT2D eigenvalue weighted by Gasteiger charge is 2.40. The molecule has 5 rings (SSSR count). The van der Waals surface area contributed by atoms with Crippen LogP contribution < -0.4 is 31.9 Å². The molecule has 1 aliphatic rings. The number of aromatic nitrogens is 4. The molecule has 3 heterocycles. The normalized spacial score (nSPS) is 16.0. The highest BCUT2D eigenvalue weighted by atomic mass is 16.3. The number of hydrogen-bond acceptors (Lipinski definition) is 11. The average Bonchev–Trinajstić information content (AvgIpc) is 4.15. The number of aliphatic hydroxyl groups is 1. The van der Waals surface area contributed by atoms with E-state index in [1.807, 2.05) is 33.8 Å². The second-order valence-electron chi connectivity index (χ2n) is 19.2. The molecule has 1 unspecified atom stereocenters. The van der Waals surface area contributed by atoms with Crippen molar-refractivity contribution in [3.05, 3.63) is 108 Å². The Morgan fingerprint density at radius 2 is 1.21 bits per heavy atom. The number of aromatic amines is 2. The second kappa shape index (κ2) is 26.7. The van der Waals surface area contributed by atoms with Gasteiger partial charge in [-0.15, -0.1) is 0 Å². The van der Waals surface area contributed by atoms with Crippen molar-refractivity contribution in [1.82, 2.24) is 56.7 Å².